The van der Waals surface area contributed by atoms with Crippen LogP contribution in [0.3, 0.4) is 0 Å². The molecule has 70 valence electrons. The molecule has 0 radical (unpaired) electrons. The van der Waals surface area contributed by atoms with Crippen LogP contribution in [0.5, 0.6) is 0 Å². The molecule has 14 heavy (non-hydrogen) atoms. The molecule has 0 amide bonds. The number of hydrogen-bond donors (Lipinski definition) is 1. The number of pyridine rings is 1. The van der Waals surface area contributed by atoms with Crippen molar-refractivity contribution in [2.45, 2.75) is 6.92 Å². The number of aryl methyl sites for hydroxylation is 1. The van der Waals surface area contributed by atoms with Gasteiger partial charge in [-0.25, -0.2) is 0 Å². The van der Waals surface area contributed by atoms with Crippen molar-refractivity contribution in [3.8, 4) is 11.3 Å². The summed E-state index contributed by atoms with van der Waals surface area (Å²) in [5, 5.41) is 0. The van der Waals surface area contributed by atoms with Gasteiger partial charge < -0.3 is 5.73 Å². The first kappa shape index (κ1) is 8.75. The topological polar surface area (TPSA) is 38.9 Å². The molecule has 0 spiro atoms. The third kappa shape index (κ3) is 1.59. The van der Waals surface area contributed by atoms with E-state index in [2.05, 4.69) is 4.98 Å². The van der Waals surface area contributed by atoms with Crippen LogP contribution in [0.15, 0.2) is 42.6 Å². The Morgan fingerprint density at radius 2 is 1.86 bits per heavy atom. The number of rotatable bonds is 1. The highest BCUT2D eigenvalue weighted by atomic mass is 14.7. The summed E-state index contributed by atoms with van der Waals surface area (Å²) in [7, 11) is 0. The molecule has 2 nitrogen and oxygen atoms in total. The molecule has 0 atom stereocenters. The first-order valence-electron chi connectivity index (χ1n) is 4.55. The molecule has 0 aliphatic heterocycles. The lowest BCUT2D eigenvalue weighted by molar-refractivity contribution is 1.27. The largest absolute Gasteiger partial charge is 0.397 e. The van der Waals surface area contributed by atoms with E-state index < -0.39 is 0 Å². The third-order valence-corrected chi connectivity index (χ3v) is 2.15. The summed E-state index contributed by atoms with van der Waals surface area (Å²) in [6.07, 6.45) is 1.69. The molecule has 0 fully saturated rings. The standard InChI is InChI=1S/C12H12N2/c1-9-7-11(13)8-14-12(9)10-5-3-2-4-6-10/h2-8H,13H2,1H3. The second kappa shape index (κ2) is 3.50. The van der Waals surface area contributed by atoms with Gasteiger partial charge in [0.1, 0.15) is 0 Å². The van der Waals surface area contributed by atoms with Crippen LogP contribution < -0.4 is 5.73 Å². The van der Waals surface area contributed by atoms with Gasteiger partial charge in [-0.05, 0) is 18.6 Å². The van der Waals surface area contributed by atoms with Crippen molar-refractivity contribution in [1.29, 1.82) is 0 Å². The van der Waals surface area contributed by atoms with E-state index in [-0.39, 0.29) is 0 Å². The summed E-state index contributed by atoms with van der Waals surface area (Å²) in [4.78, 5) is 4.32. The Labute approximate surface area is 83.4 Å². The first-order chi connectivity index (χ1) is 6.77. The highest BCUT2D eigenvalue weighted by Gasteiger charge is 2.02. The monoisotopic (exact) mass is 184 g/mol. The predicted molar refractivity (Wildman–Crippen MR) is 58.8 cm³/mol. The van der Waals surface area contributed by atoms with Crippen LogP contribution in [-0.2, 0) is 0 Å². The summed E-state index contributed by atoms with van der Waals surface area (Å²) in [5.74, 6) is 0. The van der Waals surface area contributed by atoms with Crippen LogP contribution >= 0.6 is 0 Å². The van der Waals surface area contributed by atoms with Crippen LogP contribution in [-0.4, -0.2) is 4.98 Å². The second-order valence-electron chi connectivity index (χ2n) is 3.30. The Balaban J connectivity index is 2.53. The Bertz CT molecular complexity index is 435. The van der Waals surface area contributed by atoms with E-state index in [1.54, 1.807) is 6.20 Å². The van der Waals surface area contributed by atoms with Crippen molar-refractivity contribution in [1.82, 2.24) is 4.98 Å². The summed E-state index contributed by atoms with van der Waals surface area (Å²) in [6, 6.07) is 12.0. The van der Waals surface area contributed by atoms with E-state index in [9.17, 15) is 0 Å². The molecule has 1 aromatic heterocycles. The molecule has 2 aromatic rings. The normalized spacial score (nSPS) is 10.1. The maximum absolute atomic E-state index is 5.64. The van der Waals surface area contributed by atoms with E-state index >= 15 is 0 Å². The van der Waals surface area contributed by atoms with Gasteiger partial charge in [-0.1, -0.05) is 30.3 Å². The minimum atomic E-state index is 0.710. The predicted octanol–water partition coefficient (Wildman–Crippen LogP) is 2.64. The molecule has 0 saturated carbocycles. The number of aromatic nitrogens is 1. The quantitative estimate of drug-likeness (QED) is 0.740. The van der Waals surface area contributed by atoms with Gasteiger partial charge in [0.05, 0.1) is 17.6 Å². The van der Waals surface area contributed by atoms with E-state index in [1.165, 1.54) is 0 Å². The van der Waals surface area contributed by atoms with Crippen LogP contribution in [0.1, 0.15) is 5.56 Å². The molecule has 2 rings (SSSR count). The molecular formula is C12H12N2. The fourth-order valence-electron chi connectivity index (χ4n) is 1.49. The zero-order valence-corrected chi connectivity index (χ0v) is 8.07. The number of nitrogen functional groups attached to an aromatic ring is 1. The lowest BCUT2D eigenvalue weighted by atomic mass is 10.1. The van der Waals surface area contributed by atoms with Gasteiger partial charge in [0, 0.05) is 5.56 Å². The Morgan fingerprint density at radius 1 is 1.14 bits per heavy atom. The Kier molecular flexibility index (Phi) is 2.19. The number of nitrogens with zero attached hydrogens (tertiary/aromatic N) is 1. The summed E-state index contributed by atoms with van der Waals surface area (Å²) < 4.78 is 0. The van der Waals surface area contributed by atoms with Gasteiger partial charge in [0.2, 0.25) is 0 Å². The fourth-order valence-corrected chi connectivity index (χ4v) is 1.49. The third-order valence-electron chi connectivity index (χ3n) is 2.15. The average molecular weight is 184 g/mol. The zero-order valence-electron chi connectivity index (χ0n) is 8.07. The van der Waals surface area contributed by atoms with Crippen molar-refractivity contribution < 1.29 is 0 Å². The number of anilines is 1. The fraction of sp³-hybridized carbons (Fsp3) is 0.0833. The van der Waals surface area contributed by atoms with Gasteiger partial charge >= 0.3 is 0 Å². The molecule has 2 heteroatoms. The summed E-state index contributed by atoms with van der Waals surface area (Å²) in [6.45, 7) is 2.02. The average Bonchev–Trinajstić information content (AvgIpc) is 2.19. The van der Waals surface area contributed by atoms with Crippen molar-refractivity contribution >= 4 is 5.69 Å². The SMILES string of the molecule is Cc1cc(N)cnc1-c1ccccc1. The molecule has 0 saturated heterocycles. The van der Waals surface area contributed by atoms with Crippen molar-refractivity contribution in [3.63, 3.8) is 0 Å². The maximum atomic E-state index is 5.64. The Hall–Kier alpha value is -1.83. The lowest BCUT2D eigenvalue weighted by Gasteiger charge is -2.04. The number of hydrogen-bond acceptors (Lipinski definition) is 2. The van der Waals surface area contributed by atoms with Gasteiger partial charge in [-0.15, -0.1) is 0 Å². The molecule has 1 aromatic carbocycles. The van der Waals surface area contributed by atoms with Gasteiger partial charge in [0.15, 0.2) is 0 Å². The van der Waals surface area contributed by atoms with Gasteiger partial charge in [0.25, 0.3) is 0 Å². The first-order valence-corrected chi connectivity index (χ1v) is 4.55. The highest BCUT2D eigenvalue weighted by Crippen LogP contribution is 2.21. The van der Waals surface area contributed by atoms with Crippen LogP contribution in [0.2, 0.25) is 0 Å². The highest BCUT2D eigenvalue weighted by molar-refractivity contribution is 5.64. The molecule has 0 bridgehead atoms. The van der Waals surface area contributed by atoms with Crippen LogP contribution in [0, 0.1) is 6.92 Å². The molecule has 2 N–H and O–H groups in total. The van der Waals surface area contributed by atoms with Gasteiger partial charge in [-0.3, -0.25) is 4.98 Å². The van der Waals surface area contributed by atoms with Crippen molar-refractivity contribution in [2.75, 3.05) is 5.73 Å². The van der Waals surface area contributed by atoms with Gasteiger partial charge in [-0.2, -0.15) is 0 Å². The number of nitrogens with two attached hydrogens (primary N) is 1. The van der Waals surface area contributed by atoms with E-state index in [0.29, 0.717) is 5.69 Å². The molecule has 0 aliphatic carbocycles. The maximum Gasteiger partial charge on any atom is 0.0732 e. The van der Waals surface area contributed by atoms with E-state index in [4.69, 9.17) is 5.73 Å². The molecule has 1 heterocycles. The summed E-state index contributed by atoms with van der Waals surface area (Å²) in [5.41, 5.74) is 9.59. The lowest BCUT2D eigenvalue weighted by Crippen LogP contribution is -1.92. The Morgan fingerprint density at radius 3 is 2.50 bits per heavy atom. The molecule has 0 unspecified atom stereocenters. The van der Waals surface area contributed by atoms with Crippen LogP contribution in [0.25, 0.3) is 11.3 Å². The van der Waals surface area contributed by atoms with Crippen molar-refractivity contribution in [3.05, 3.63) is 48.2 Å². The molecular weight excluding hydrogens is 172 g/mol. The van der Waals surface area contributed by atoms with Crippen molar-refractivity contribution in [2.24, 2.45) is 0 Å². The number of benzene rings is 1. The van der Waals surface area contributed by atoms with E-state index in [1.807, 2.05) is 43.3 Å². The minimum Gasteiger partial charge on any atom is -0.397 e. The summed E-state index contributed by atoms with van der Waals surface area (Å²) >= 11 is 0. The second-order valence-corrected chi connectivity index (χ2v) is 3.30. The minimum absolute atomic E-state index is 0.710. The van der Waals surface area contributed by atoms with Crippen LogP contribution in [0.4, 0.5) is 5.69 Å². The van der Waals surface area contributed by atoms with E-state index in [0.717, 1.165) is 16.8 Å². The zero-order chi connectivity index (χ0) is 9.97. The smallest absolute Gasteiger partial charge is 0.0732 e. The molecule has 0 aliphatic rings.